The van der Waals surface area contributed by atoms with Gasteiger partial charge in [0.1, 0.15) is 0 Å². The van der Waals surface area contributed by atoms with Crippen LogP contribution in [-0.4, -0.2) is 48.0 Å². The SMILES string of the molecule is Nc1nn[nH]n1.O.O.O.O.O. The van der Waals surface area contributed by atoms with Crippen molar-refractivity contribution in [2.45, 2.75) is 0 Å². The van der Waals surface area contributed by atoms with E-state index in [1.54, 1.807) is 0 Å². The summed E-state index contributed by atoms with van der Waals surface area (Å²) in [5, 5.41) is 12.0. The molecule has 1 heterocycles. The van der Waals surface area contributed by atoms with E-state index in [9.17, 15) is 0 Å². The number of nitrogens with one attached hydrogen (secondary N) is 1. The molecular weight excluding hydrogens is 162 g/mol. The summed E-state index contributed by atoms with van der Waals surface area (Å²) < 4.78 is 0. The Kier molecular flexibility index (Phi) is 48.1. The minimum atomic E-state index is 0. The molecule has 11 heavy (non-hydrogen) atoms. The minimum absolute atomic E-state index is 0. The number of H-pyrrole nitrogens is 1. The van der Waals surface area contributed by atoms with Gasteiger partial charge in [-0.15, -0.1) is 5.10 Å². The number of tetrazole rings is 1. The number of aromatic nitrogens is 4. The highest BCUT2D eigenvalue weighted by Gasteiger charge is 1.78. The highest BCUT2D eigenvalue weighted by atomic mass is 16.0. The third kappa shape index (κ3) is 12.0. The molecule has 1 aromatic heterocycles. The Morgan fingerprint density at radius 2 is 1.45 bits per heavy atom. The first kappa shape index (κ1) is 33.3. The van der Waals surface area contributed by atoms with Gasteiger partial charge in [0, 0.05) is 0 Å². The molecule has 0 aliphatic carbocycles. The van der Waals surface area contributed by atoms with Gasteiger partial charge in [-0.1, -0.05) is 5.10 Å². The molecule has 13 N–H and O–H groups in total. The number of anilines is 1. The van der Waals surface area contributed by atoms with Crippen LogP contribution in [0.5, 0.6) is 0 Å². The van der Waals surface area contributed by atoms with E-state index in [2.05, 4.69) is 20.6 Å². The van der Waals surface area contributed by atoms with Gasteiger partial charge in [0.05, 0.1) is 0 Å². The first-order valence-electron chi connectivity index (χ1n) is 1.38. The Morgan fingerprint density at radius 3 is 1.55 bits per heavy atom. The van der Waals surface area contributed by atoms with Gasteiger partial charge >= 0.3 is 0 Å². The van der Waals surface area contributed by atoms with E-state index in [1.807, 2.05) is 0 Å². The Bertz CT molecular complexity index is 118. The molecule has 0 bridgehead atoms. The zero-order valence-electron chi connectivity index (χ0n) is 5.42. The summed E-state index contributed by atoms with van der Waals surface area (Å²) in [5.74, 6) is 0.176. The van der Waals surface area contributed by atoms with Crippen LogP contribution in [0.15, 0.2) is 0 Å². The fraction of sp³-hybridized carbons (Fsp3) is 0. The monoisotopic (exact) mass is 175 g/mol. The van der Waals surface area contributed by atoms with Crippen LogP contribution in [0.3, 0.4) is 0 Å². The first-order valence-corrected chi connectivity index (χ1v) is 1.38. The molecule has 0 aliphatic rings. The average Bonchev–Trinajstić information content (AvgIpc) is 1.86. The highest BCUT2D eigenvalue weighted by Crippen LogP contribution is 1.72. The Balaban J connectivity index is -0.0000000240. The molecule has 0 radical (unpaired) electrons. The molecule has 10 nitrogen and oxygen atoms in total. The third-order valence-electron chi connectivity index (χ3n) is 0.362. The van der Waals surface area contributed by atoms with E-state index in [1.165, 1.54) is 0 Å². The quantitative estimate of drug-likeness (QED) is 0.392. The fourth-order valence-corrected chi connectivity index (χ4v) is 0.170. The summed E-state index contributed by atoms with van der Waals surface area (Å²) in [7, 11) is 0. The van der Waals surface area contributed by atoms with Crippen LogP contribution in [0, 0.1) is 0 Å². The Morgan fingerprint density at radius 1 is 1.00 bits per heavy atom. The maximum Gasteiger partial charge on any atom is 0.260 e. The molecular formula is CH13N5O5. The zero-order valence-corrected chi connectivity index (χ0v) is 5.42. The van der Waals surface area contributed by atoms with Crippen LogP contribution in [0.4, 0.5) is 5.95 Å². The second kappa shape index (κ2) is 15.9. The predicted molar refractivity (Wildman–Crippen MR) is 36.7 cm³/mol. The van der Waals surface area contributed by atoms with Crippen molar-refractivity contribution >= 4 is 5.95 Å². The van der Waals surface area contributed by atoms with Gasteiger partial charge in [0.25, 0.3) is 5.95 Å². The Hall–Kier alpha value is -1.33. The second-order valence-electron chi connectivity index (χ2n) is 0.770. The lowest BCUT2D eigenvalue weighted by atomic mass is 11.2. The van der Waals surface area contributed by atoms with Crippen LogP contribution < -0.4 is 5.73 Å². The van der Waals surface area contributed by atoms with Crippen molar-refractivity contribution < 1.29 is 27.4 Å². The van der Waals surface area contributed by atoms with E-state index in [-0.39, 0.29) is 33.3 Å². The summed E-state index contributed by atoms with van der Waals surface area (Å²) in [4.78, 5) is 0. The molecule has 0 saturated heterocycles. The van der Waals surface area contributed by atoms with E-state index in [0.29, 0.717) is 0 Å². The summed E-state index contributed by atoms with van der Waals surface area (Å²) in [6.45, 7) is 0. The maximum atomic E-state index is 4.96. The van der Waals surface area contributed by atoms with Gasteiger partial charge in [0.2, 0.25) is 0 Å². The van der Waals surface area contributed by atoms with Crippen LogP contribution in [0.1, 0.15) is 0 Å². The van der Waals surface area contributed by atoms with Crippen molar-refractivity contribution in [3.63, 3.8) is 0 Å². The third-order valence-corrected chi connectivity index (χ3v) is 0.362. The normalized spacial score (nSPS) is 4.73. The lowest BCUT2D eigenvalue weighted by Gasteiger charge is -1.62. The maximum absolute atomic E-state index is 4.96. The van der Waals surface area contributed by atoms with E-state index >= 15 is 0 Å². The number of aromatic amines is 1. The minimum Gasteiger partial charge on any atom is -0.412 e. The highest BCUT2D eigenvalue weighted by molar-refractivity contribution is 5.05. The van der Waals surface area contributed by atoms with Crippen LogP contribution >= 0.6 is 0 Å². The van der Waals surface area contributed by atoms with Crippen molar-refractivity contribution in [3.05, 3.63) is 0 Å². The zero-order chi connectivity index (χ0) is 4.41. The number of nitrogen functional groups attached to an aromatic ring is 1. The van der Waals surface area contributed by atoms with E-state index in [0.717, 1.165) is 0 Å². The number of rotatable bonds is 0. The smallest absolute Gasteiger partial charge is 0.260 e. The largest absolute Gasteiger partial charge is 0.412 e. The molecule has 0 unspecified atom stereocenters. The second-order valence-corrected chi connectivity index (χ2v) is 0.770. The molecule has 0 fully saturated rings. The summed E-state index contributed by atoms with van der Waals surface area (Å²) in [6.07, 6.45) is 0. The molecule has 1 aromatic rings. The van der Waals surface area contributed by atoms with Crippen LogP contribution in [0.25, 0.3) is 0 Å². The van der Waals surface area contributed by atoms with Crippen molar-refractivity contribution in [2.24, 2.45) is 0 Å². The molecule has 0 spiro atoms. The lowest BCUT2D eigenvalue weighted by Crippen LogP contribution is -1.84. The summed E-state index contributed by atoms with van der Waals surface area (Å²) in [5.41, 5.74) is 4.96. The average molecular weight is 175 g/mol. The predicted octanol–water partition coefficient (Wildman–Crippen LogP) is -5.34. The molecule has 0 aliphatic heterocycles. The number of nitrogens with two attached hydrogens (primary N) is 1. The van der Waals surface area contributed by atoms with Crippen LogP contribution in [-0.2, 0) is 0 Å². The van der Waals surface area contributed by atoms with E-state index < -0.39 is 0 Å². The van der Waals surface area contributed by atoms with Crippen molar-refractivity contribution in [1.29, 1.82) is 0 Å². The van der Waals surface area contributed by atoms with Gasteiger partial charge < -0.3 is 33.1 Å². The van der Waals surface area contributed by atoms with Gasteiger partial charge in [0.15, 0.2) is 0 Å². The lowest BCUT2D eigenvalue weighted by molar-refractivity contribution is 0.823. The molecule has 0 aromatic carbocycles. The molecule has 1 rings (SSSR count). The van der Waals surface area contributed by atoms with Gasteiger partial charge in [-0.25, -0.2) is 0 Å². The van der Waals surface area contributed by atoms with Crippen molar-refractivity contribution in [3.8, 4) is 0 Å². The summed E-state index contributed by atoms with van der Waals surface area (Å²) >= 11 is 0. The standard InChI is InChI=1S/CH3N5.5H2O/c2-1-3-5-6-4-1;;;;;/h(H3,2,3,4,5,6);5*1H2. The fourth-order valence-electron chi connectivity index (χ4n) is 0.170. The Labute approximate surface area is 60.9 Å². The molecule has 72 valence electrons. The molecule has 10 heteroatoms. The first-order chi connectivity index (χ1) is 2.89. The molecule has 0 saturated carbocycles. The van der Waals surface area contributed by atoms with Gasteiger partial charge in [-0.3, -0.25) is 0 Å². The van der Waals surface area contributed by atoms with Crippen molar-refractivity contribution in [1.82, 2.24) is 20.6 Å². The van der Waals surface area contributed by atoms with Crippen molar-refractivity contribution in [2.75, 3.05) is 5.73 Å². The van der Waals surface area contributed by atoms with Gasteiger partial charge in [-0.2, -0.15) is 5.21 Å². The molecule has 0 amide bonds. The van der Waals surface area contributed by atoms with Gasteiger partial charge in [-0.05, 0) is 5.21 Å². The topological polar surface area (TPSA) is 238 Å². The number of hydrogen-bond acceptors (Lipinski definition) is 4. The van der Waals surface area contributed by atoms with Crippen LogP contribution in [0.2, 0.25) is 0 Å². The number of hydrogen-bond donors (Lipinski definition) is 2. The van der Waals surface area contributed by atoms with E-state index in [4.69, 9.17) is 5.73 Å². The summed E-state index contributed by atoms with van der Waals surface area (Å²) in [6, 6.07) is 0. The molecule has 0 atom stereocenters. The number of nitrogens with zero attached hydrogens (tertiary/aromatic N) is 3.